The molecule has 0 N–H and O–H groups in total. The summed E-state index contributed by atoms with van der Waals surface area (Å²) in [6.07, 6.45) is 1.43. The highest BCUT2D eigenvalue weighted by molar-refractivity contribution is 6.32. The SMILES string of the molecule is CC1CCN(C(=O)C(C)Oc2ccc(F)cc2Cl)CC1. The van der Waals surface area contributed by atoms with E-state index in [2.05, 4.69) is 6.92 Å². The van der Waals surface area contributed by atoms with Crippen LogP contribution >= 0.6 is 11.6 Å². The molecule has 5 heteroatoms. The van der Waals surface area contributed by atoms with E-state index >= 15 is 0 Å². The highest BCUT2D eigenvalue weighted by Gasteiger charge is 2.25. The average molecular weight is 300 g/mol. The van der Waals surface area contributed by atoms with Crippen molar-refractivity contribution in [2.24, 2.45) is 5.92 Å². The number of benzene rings is 1. The summed E-state index contributed by atoms with van der Waals surface area (Å²) in [6.45, 7) is 5.43. The van der Waals surface area contributed by atoms with E-state index in [0.717, 1.165) is 25.9 Å². The second-order valence-electron chi connectivity index (χ2n) is 5.34. The fraction of sp³-hybridized carbons (Fsp3) is 0.533. The Morgan fingerprint density at radius 3 is 2.70 bits per heavy atom. The zero-order chi connectivity index (χ0) is 14.7. The molecule has 1 saturated heterocycles. The molecule has 20 heavy (non-hydrogen) atoms. The number of carbonyl (C=O) groups is 1. The Bertz CT molecular complexity index is 487. The van der Waals surface area contributed by atoms with Gasteiger partial charge in [-0.15, -0.1) is 0 Å². The minimum absolute atomic E-state index is 0.0442. The van der Waals surface area contributed by atoms with Crippen molar-refractivity contribution in [1.29, 1.82) is 0 Å². The van der Waals surface area contributed by atoms with Crippen molar-refractivity contribution in [1.82, 2.24) is 4.90 Å². The lowest BCUT2D eigenvalue weighted by molar-refractivity contribution is -0.139. The molecule has 1 aliphatic rings. The van der Waals surface area contributed by atoms with E-state index in [4.69, 9.17) is 16.3 Å². The molecule has 0 aromatic heterocycles. The first-order valence-corrected chi connectivity index (χ1v) is 7.25. The van der Waals surface area contributed by atoms with Crippen LogP contribution in [0.3, 0.4) is 0 Å². The van der Waals surface area contributed by atoms with Gasteiger partial charge in [-0.05, 0) is 43.9 Å². The number of hydrogen-bond acceptors (Lipinski definition) is 2. The predicted octanol–water partition coefficient (Wildman–Crippen LogP) is 3.50. The van der Waals surface area contributed by atoms with E-state index in [0.29, 0.717) is 11.7 Å². The van der Waals surface area contributed by atoms with E-state index in [1.807, 2.05) is 4.90 Å². The van der Waals surface area contributed by atoms with Crippen molar-refractivity contribution in [2.45, 2.75) is 32.8 Å². The van der Waals surface area contributed by atoms with Gasteiger partial charge in [-0.1, -0.05) is 18.5 Å². The number of likely N-dealkylation sites (tertiary alicyclic amines) is 1. The van der Waals surface area contributed by atoms with Gasteiger partial charge in [0.2, 0.25) is 0 Å². The zero-order valence-electron chi connectivity index (χ0n) is 11.7. The Balaban J connectivity index is 1.97. The first-order chi connectivity index (χ1) is 9.47. The summed E-state index contributed by atoms with van der Waals surface area (Å²) in [5.41, 5.74) is 0. The summed E-state index contributed by atoms with van der Waals surface area (Å²) >= 11 is 5.89. The maximum Gasteiger partial charge on any atom is 0.263 e. The van der Waals surface area contributed by atoms with Crippen LogP contribution in [0.1, 0.15) is 26.7 Å². The molecule has 110 valence electrons. The molecular weight excluding hydrogens is 281 g/mol. The first kappa shape index (κ1) is 15.1. The Kier molecular flexibility index (Phi) is 4.86. The fourth-order valence-electron chi connectivity index (χ4n) is 2.30. The van der Waals surface area contributed by atoms with Crippen molar-refractivity contribution in [3.05, 3.63) is 29.0 Å². The molecule has 1 heterocycles. The standard InChI is InChI=1S/C15H19ClFNO2/c1-10-5-7-18(8-6-10)15(19)11(2)20-14-4-3-12(17)9-13(14)16/h3-4,9-11H,5-8H2,1-2H3. The molecule has 1 fully saturated rings. The van der Waals surface area contributed by atoms with Crippen LogP contribution in [0, 0.1) is 11.7 Å². The Hall–Kier alpha value is -1.29. The van der Waals surface area contributed by atoms with E-state index in [1.54, 1.807) is 6.92 Å². The summed E-state index contributed by atoms with van der Waals surface area (Å²) in [5, 5.41) is 0.178. The summed E-state index contributed by atoms with van der Waals surface area (Å²) in [5.74, 6) is 0.532. The zero-order valence-corrected chi connectivity index (χ0v) is 12.5. The average Bonchev–Trinajstić information content (AvgIpc) is 2.42. The molecular formula is C15H19ClFNO2. The van der Waals surface area contributed by atoms with Crippen LogP contribution in [0.4, 0.5) is 4.39 Å². The third-order valence-corrected chi connectivity index (χ3v) is 3.94. The number of rotatable bonds is 3. The van der Waals surface area contributed by atoms with Crippen molar-refractivity contribution in [2.75, 3.05) is 13.1 Å². The molecule has 1 atom stereocenters. The molecule has 1 aromatic rings. The lowest BCUT2D eigenvalue weighted by atomic mass is 9.99. The molecule has 1 amide bonds. The monoisotopic (exact) mass is 299 g/mol. The minimum atomic E-state index is -0.619. The number of nitrogens with zero attached hydrogens (tertiary/aromatic N) is 1. The maximum absolute atomic E-state index is 13.0. The number of amides is 1. The summed E-state index contributed by atoms with van der Waals surface area (Å²) in [6, 6.07) is 3.89. The van der Waals surface area contributed by atoms with E-state index < -0.39 is 11.9 Å². The predicted molar refractivity (Wildman–Crippen MR) is 76.5 cm³/mol. The fourth-order valence-corrected chi connectivity index (χ4v) is 2.51. The molecule has 0 radical (unpaired) electrons. The Morgan fingerprint density at radius 1 is 1.45 bits per heavy atom. The van der Waals surface area contributed by atoms with Gasteiger partial charge in [0.15, 0.2) is 6.10 Å². The quantitative estimate of drug-likeness (QED) is 0.855. The van der Waals surface area contributed by atoms with Gasteiger partial charge in [-0.2, -0.15) is 0 Å². The van der Waals surface area contributed by atoms with E-state index in [9.17, 15) is 9.18 Å². The smallest absolute Gasteiger partial charge is 0.263 e. The second kappa shape index (κ2) is 6.44. The van der Waals surface area contributed by atoms with Gasteiger partial charge in [0.1, 0.15) is 11.6 Å². The first-order valence-electron chi connectivity index (χ1n) is 6.88. The summed E-state index contributed by atoms with van der Waals surface area (Å²) < 4.78 is 18.5. The van der Waals surface area contributed by atoms with E-state index in [1.165, 1.54) is 18.2 Å². The number of carbonyl (C=O) groups excluding carboxylic acids is 1. The van der Waals surface area contributed by atoms with Gasteiger partial charge in [0, 0.05) is 13.1 Å². The van der Waals surface area contributed by atoms with Gasteiger partial charge in [-0.25, -0.2) is 4.39 Å². The number of ether oxygens (including phenoxy) is 1. The Morgan fingerprint density at radius 2 is 2.10 bits per heavy atom. The third kappa shape index (κ3) is 3.63. The minimum Gasteiger partial charge on any atom is -0.479 e. The number of piperidine rings is 1. The molecule has 3 nitrogen and oxygen atoms in total. The maximum atomic E-state index is 13.0. The number of halogens is 2. The van der Waals surface area contributed by atoms with Crippen molar-refractivity contribution < 1.29 is 13.9 Å². The lowest BCUT2D eigenvalue weighted by Crippen LogP contribution is -2.44. The highest BCUT2D eigenvalue weighted by atomic mass is 35.5. The molecule has 0 bridgehead atoms. The van der Waals surface area contributed by atoms with Crippen LogP contribution in [0.25, 0.3) is 0 Å². The molecule has 1 aliphatic heterocycles. The van der Waals surface area contributed by atoms with Crippen LogP contribution in [-0.4, -0.2) is 30.0 Å². The largest absolute Gasteiger partial charge is 0.479 e. The number of hydrogen-bond donors (Lipinski definition) is 0. The van der Waals surface area contributed by atoms with Gasteiger partial charge in [0.05, 0.1) is 5.02 Å². The van der Waals surface area contributed by atoms with Gasteiger partial charge in [0.25, 0.3) is 5.91 Å². The topological polar surface area (TPSA) is 29.5 Å². The second-order valence-corrected chi connectivity index (χ2v) is 5.75. The van der Waals surface area contributed by atoms with Crippen LogP contribution < -0.4 is 4.74 Å². The molecule has 1 unspecified atom stereocenters. The normalized spacial score (nSPS) is 17.9. The Labute approximate surface area is 123 Å². The van der Waals surface area contributed by atoms with Crippen molar-refractivity contribution in [3.8, 4) is 5.75 Å². The molecule has 0 aliphatic carbocycles. The van der Waals surface area contributed by atoms with Crippen LogP contribution in [-0.2, 0) is 4.79 Å². The van der Waals surface area contributed by atoms with Gasteiger partial charge < -0.3 is 9.64 Å². The van der Waals surface area contributed by atoms with Crippen molar-refractivity contribution >= 4 is 17.5 Å². The lowest BCUT2D eigenvalue weighted by Gasteiger charge is -2.32. The van der Waals surface area contributed by atoms with Crippen LogP contribution in [0.15, 0.2) is 18.2 Å². The van der Waals surface area contributed by atoms with Gasteiger partial charge in [-0.3, -0.25) is 4.79 Å². The van der Waals surface area contributed by atoms with Crippen LogP contribution in [0.5, 0.6) is 5.75 Å². The molecule has 0 spiro atoms. The third-order valence-electron chi connectivity index (χ3n) is 3.64. The molecule has 0 saturated carbocycles. The molecule has 1 aromatic carbocycles. The molecule has 2 rings (SSSR count). The summed E-state index contributed by atoms with van der Waals surface area (Å²) in [4.78, 5) is 14.1. The highest BCUT2D eigenvalue weighted by Crippen LogP contribution is 2.26. The van der Waals surface area contributed by atoms with Crippen LogP contribution in [0.2, 0.25) is 5.02 Å². The van der Waals surface area contributed by atoms with Crippen molar-refractivity contribution in [3.63, 3.8) is 0 Å². The van der Waals surface area contributed by atoms with Gasteiger partial charge >= 0.3 is 0 Å². The summed E-state index contributed by atoms with van der Waals surface area (Å²) in [7, 11) is 0. The van der Waals surface area contributed by atoms with E-state index in [-0.39, 0.29) is 10.9 Å².